The third-order valence-corrected chi connectivity index (χ3v) is 3.90. The van der Waals surface area contributed by atoms with Crippen LogP contribution in [0.25, 0.3) is 0 Å². The van der Waals surface area contributed by atoms with Gasteiger partial charge in [-0.2, -0.15) is 0 Å². The monoisotopic (exact) mass is 290 g/mol. The third-order valence-electron chi connectivity index (χ3n) is 3.90. The summed E-state index contributed by atoms with van der Waals surface area (Å²) in [5, 5.41) is 6.33. The van der Waals surface area contributed by atoms with Gasteiger partial charge in [0.05, 0.1) is 0 Å². The SMILES string of the molecule is CCNC(C)c1ccc(C)cc1OC1CCCCNC1=O. The van der Waals surface area contributed by atoms with Crippen molar-refractivity contribution >= 4 is 5.91 Å². The molecule has 21 heavy (non-hydrogen) atoms. The van der Waals surface area contributed by atoms with Crippen LogP contribution < -0.4 is 15.4 Å². The maximum atomic E-state index is 12.1. The summed E-state index contributed by atoms with van der Waals surface area (Å²) in [5.74, 6) is 0.835. The lowest BCUT2D eigenvalue weighted by Crippen LogP contribution is -2.36. The number of hydrogen-bond acceptors (Lipinski definition) is 3. The zero-order valence-corrected chi connectivity index (χ0v) is 13.2. The van der Waals surface area contributed by atoms with Crippen LogP contribution in [0.3, 0.4) is 0 Å². The van der Waals surface area contributed by atoms with E-state index in [1.807, 2.05) is 13.0 Å². The minimum Gasteiger partial charge on any atom is -0.480 e. The Morgan fingerprint density at radius 2 is 2.24 bits per heavy atom. The standard InChI is InChI=1S/C17H26N2O2/c1-4-18-13(3)14-9-8-12(2)11-16(14)21-15-7-5-6-10-19-17(15)20/h8-9,11,13,15,18H,4-7,10H2,1-3H3,(H,19,20). The van der Waals surface area contributed by atoms with Gasteiger partial charge in [0, 0.05) is 18.2 Å². The molecular formula is C17H26N2O2. The highest BCUT2D eigenvalue weighted by molar-refractivity contribution is 5.81. The van der Waals surface area contributed by atoms with E-state index in [4.69, 9.17) is 4.74 Å². The Kier molecular flexibility index (Phi) is 5.62. The molecule has 1 aromatic rings. The Hall–Kier alpha value is -1.55. The highest BCUT2D eigenvalue weighted by atomic mass is 16.5. The van der Waals surface area contributed by atoms with Crippen molar-refractivity contribution < 1.29 is 9.53 Å². The van der Waals surface area contributed by atoms with Gasteiger partial charge < -0.3 is 15.4 Å². The van der Waals surface area contributed by atoms with Gasteiger partial charge in [0.15, 0.2) is 6.10 Å². The summed E-state index contributed by atoms with van der Waals surface area (Å²) in [6.07, 6.45) is 2.46. The van der Waals surface area contributed by atoms with Gasteiger partial charge in [-0.1, -0.05) is 19.1 Å². The van der Waals surface area contributed by atoms with Crippen molar-refractivity contribution in [3.63, 3.8) is 0 Å². The van der Waals surface area contributed by atoms with Crippen LogP contribution >= 0.6 is 0 Å². The molecule has 1 heterocycles. The summed E-state index contributed by atoms with van der Waals surface area (Å²) in [5.41, 5.74) is 2.26. The average molecular weight is 290 g/mol. The van der Waals surface area contributed by atoms with E-state index in [0.29, 0.717) is 0 Å². The molecule has 2 N–H and O–H groups in total. The van der Waals surface area contributed by atoms with E-state index in [1.165, 1.54) is 0 Å². The second-order valence-electron chi connectivity index (χ2n) is 5.71. The number of nitrogens with one attached hydrogen (secondary N) is 2. The second kappa shape index (κ2) is 7.46. The predicted octanol–water partition coefficient (Wildman–Crippen LogP) is 2.71. The molecular weight excluding hydrogens is 264 g/mol. The maximum Gasteiger partial charge on any atom is 0.261 e. The molecule has 1 aromatic carbocycles. The van der Waals surface area contributed by atoms with Crippen molar-refractivity contribution in [3.05, 3.63) is 29.3 Å². The number of carbonyl (C=O) groups excluding carboxylic acids is 1. The molecule has 2 rings (SSSR count). The van der Waals surface area contributed by atoms with E-state index in [2.05, 4.69) is 36.6 Å². The number of aryl methyl sites for hydroxylation is 1. The molecule has 0 spiro atoms. The van der Waals surface area contributed by atoms with Gasteiger partial charge in [-0.25, -0.2) is 0 Å². The Balaban J connectivity index is 2.20. The molecule has 1 amide bonds. The van der Waals surface area contributed by atoms with Gasteiger partial charge in [-0.05, 0) is 51.3 Å². The summed E-state index contributed by atoms with van der Waals surface area (Å²) in [4.78, 5) is 12.1. The molecule has 4 nitrogen and oxygen atoms in total. The molecule has 0 aliphatic carbocycles. The van der Waals surface area contributed by atoms with E-state index < -0.39 is 0 Å². The first-order chi connectivity index (χ1) is 10.1. The highest BCUT2D eigenvalue weighted by Gasteiger charge is 2.24. The number of ether oxygens (including phenoxy) is 1. The van der Waals surface area contributed by atoms with Crippen molar-refractivity contribution in [2.75, 3.05) is 13.1 Å². The van der Waals surface area contributed by atoms with Crippen LogP contribution in [0.2, 0.25) is 0 Å². The molecule has 2 unspecified atom stereocenters. The zero-order valence-electron chi connectivity index (χ0n) is 13.2. The van der Waals surface area contributed by atoms with Crippen LogP contribution in [0.1, 0.15) is 50.3 Å². The first-order valence-corrected chi connectivity index (χ1v) is 7.90. The number of carbonyl (C=O) groups is 1. The third kappa shape index (κ3) is 4.21. The van der Waals surface area contributed by atoms with Gasteiger partial charge in [0.25, 0.3) is 5.91 Å². The highest BCUT2D eigenvalue weighted by Crippen LogP contribution is 2.28. The first kappa shape index (κ1) is 15.8. The molecule has 0 radical (unpaired) electrons. The molecule has 0 saturated carbocycles. The van der Waals surface area contributed by atoms with Crippen LogP contribution in [0.5, 0.6) is 5.75 Å². The molecule has 4 heteroatoms. The fourth-order valence-corrected chi connectivity index (χ4v) is 2.69. The summed E-state index contributed by atoms with van der Waals surface area (Å²) < 4.78 is 6.07. The van der Waals surface area contributed by atoms with Gasteiger partial charge in [-0.3, -0.25) is 4.79 Å². The van der Waals surface area contributed by atoms with E-state index >= 15 is 0 Å². The van der Waals surface area contributed by atoms with Crippen molar-refractivity contribution in [2.24, 2.45) is 0 Å². The van der Waals surface area contributed by atoms with Crippen molar-refractivity contribution in [2.45, 2.75) is 52.2 Å². The molecule has 116 valence electrons. The minimum atomic E-state index is -0.373. The Labute approximate surface area is 127 Å². The molecule has 1 aliphatic rings. The molecule has 1 aliphatic heterocycles. The van der Waals surface area contributed by atoms with Crippen LogP contribution in [-0.2, 0) is 4.79 Å². The Morgan fingerprint density at radius 1 is 1.43 bits per heavy atom. The molecule has 1 fully saturated rings. The van der Waals surface area contributed by atoms with Gasteiger partial charge in [0.1, 0.15) is 5.75 Å². The molecule has 0 aromatic heterocycles. The summed E-state index contributed by atoms with van der Waals surface area (Å²) >= 11 is 0. The lowest BCUT2D eigenvalue weighted by Gasteiger charge is -2.22. The van der Waals surface area contributed by atoms with Crippen LogP contribution in [0, 0.1) is 6.92 Å². The van der Waals surface area contributed by atoms with Crippen molar-refractivity contribution in [1.82, 2.24) is 10.6 Å². The number of amides is 1. The summed E-state index contributed by atoms with van der Waals surface area (Å²) in [6.45, 7) is 7.91. The van der Waals surface area contributed by atoms with E-state index in [0.717, 1.165) is 49.2 Å². The van der Waals surface area contributed by atoms with Crippen LogP contribution in [-0.4, -0.2) is 25.1 Å². The average Bonchev–Trinajstić information content (AvgIpc) is 2.64. The van der Waals surface area contributed by atoms with Gasteiger partial charge in [0.2, 0.25) is 0 Å². The smallest absolute Gasteiger partial charge is 0.261 e. The number of benzene rings is 1. The summed E-state index contributed by atoms with van der Waals surface area (Å²) in [6, 6.07) is 6.41. The van der Waals surface area contributed by atoms with E-state index in [9.17, 15) is 4.79 Å². The first-order valence-electron chi connectivity index (χ1n) is 7.90. The summed E-state index contributed by atoms with van der Waals surface area (Å²) in [7, 11) is 0. The quantitative estimate of drug-likeness (QED) is 0.876. The van der Waals surface area contributed by atoms with Crippen LogP contribution in [0.4, 0.5) is 0 Å². The van der Waals surface area contributed by atoms with Crippen LogP contribution in [0.15, 0.2) is 18.2 Å². The molecule has 1 saturated heterocycles. The Bertz CT molecular complexity index is 488. The van der Waals surface area contributed by atoms with Gasteiger partial charge in [-0.15, -0.1) is 0 Å². The van der Waals surface area contributed by atoms with E-state index in [-0.39, 0.29) is 18.1 Å². The molecule has 2 atom stereocenters. The maximum absolute atomic E-state index is 12.1. The van der Waals surface area contributed by atoms with E-state index in [1.54, 1.807) is 0 Å². The second-order valence-corrected chi connectivity index (χ2v) is 5.71. The lowest BCUT2D eigenvalue weighted by molar-refractivity contribution is -0.127. The van der Waals surface area contributed by atoms with Gasteiger partial charge >= 0.3 is 0 Å². The topological polar surface area (TPSA) is 50.4 Å². The van der Waals surface area contributed by atoms with Crippen molar-refractivity contribution in [1.29, 1.82) is 0 Å². The molecule has 0 bridgehead atoms. The predicted molar refractivity (Wildman–Crippen MR) is 84.5 cm³/mol. The minimum absolute atomic E-state index is 0.0102. The number of hydrogen-bond donors (Lipinski definition) is 2. The normalized spacial score (nSPS) is 20.5. The largest absolute Gasteiger partial charge is 0.480 e. The van der Waals surface area contributed by atoms with Crippen molar-refractivity contribution in [3.8, 4) is 5.75 Å². The zero-order chi connectivity index (χ0) is 15.2. The fraction of sp³-hybridized carbons (Fsp3) is 0.588. The lowest BCUT2D eigenvalue weighted by atomic mass is 10.0. The Morgan fingerprint density at radius 3 is 3.00 bits per heavy atom. The fourth-order valence-electron chi connectivity index (χ4n) is 2.69. The number of rotatable bonds is 5.